The fourth-order valence-corrected chi connectivity index (χ4v) is 3.95. The Labute approximate surface area is 231 Å². The van der Waals surface area contributed by atoms with Gasteiger partial charge in [0.1, 0.15) is 17.3 Å². The third-order valence-corrected chi connectivity index (χ3v) is 6.18. The maximum Gasteiger partial charge on any atom is 0.416 e. The Bertz CT molecular complexity index is 1440. The van der Waals surface area contributed by atoms with Gasteiger partial charge in [0.05, 0.1) is 30.8 Å². The first-order valence-electron chi connectivity index (χ1n) is 12.0. The van der Waals surface area contributed by atoms with Crippen molar-refractivity contribution in [3.05, 3.63) is 95.4 Å². The maximum absolute atomic E-state index is 14.0. The summed E-state index contributed by atoms with van der Waals surface area (Å²) in [6, 6.07) is 10.8. The lowest BCUT2D eigenvalue weighted by molar-refractivity contribution is -0.137. The van der Waals surface area contributed by atoms with Gasteiger partial charge in [0.2, 0.25) is 0 Å². The van der Waals surface area contributed by atoms with E-state index < -0.39 is 41.0 Å². The Morgan fingerprint density at radius 3 is 2.55 bits per heavy atom. The number of nitrogens with one attached hydrogen (secondary N) is 2. The Hall–Kier alpha value is -4.52. The number of aromatic nitrogens is 1. The van der Waals surface area contributed by atoms with E-state index in [2.05, 4.69) is 17.2 Å². The number of nitrogens with two attached hydrogens (primary N) is 2. The number of benzene rings is 2. The molecule has 0 aliphatic rings. The van der Waals surface area contributed by atoms with Crippen LogP contribution in [0, 0.1) is 5.82 Å². The minimum atomic E-state index is -4.73. The number of carbonyl (C=O) groups is 2. The van der Waals surface area contributed by atoms with E-state index in [1.165, 1.54) is 7.11 Å². The standard InChI is InChI=1S/C27H30F4N6O3.2H2/c1-16(40-3)23(14-19-12-17-6-4-5-7-24(17)36(19)2)35-26(39)22(32)15-37(33)11-10-34-25(38)20-9-8-18(13-21(20)28)27(29,30)31;;/h4-9,12-13,15,23H,1,10-11,14,32-33H2,2-3H3,(H,34,38)(H,35,39);2*1H/b22-15-;;/t23-;;/m0../s1. The second kappa shape index (κ2) is 12.6. The predicted octanol–water partition coefficient (Wildman–Crippen LogP) is 3.42. The van der Waals surface area contributed by atoms with Crippen LogP contribution in [0.15, 0.2) is 72.8 Å². The highest BCUT2D eigenvalue weighted by Crippen LogP contribution is 2.30. The van der Waals surface area contributed by atoms with Crippen molar-refractivity contribution in [1.82, 2.24) is 20.2 Å². The van der Waals surface area contributed by atoms with Crippen LogP contribution in [-0.2, 0) is 29.2 Å². The number of nitrogens with zero attached hydrogens (tertiary/aromatic N) is 2. The third-order valence-electron chi connectivity index (χ3n) is 6.18. The van der Waals surface area contributed by atoms with Crippen molar-refractivity contribution in [3.63, 3.8) is 0 Å². The van der Waals surface area contributed by atoms with E-state index in [0.29, 0.717) is 18.2 Å². The minimum absolute atomic E-state index is 0. The Morgan fingerprint density at radius 2 is 1.93 bits per heavy atom. The first-order chi connectivity index (χ1) is 18.8. The second-order valence-corrected chi connectivity index (χ2v) is 8.92. The zero-order valence-electron chi connectivity index (χ0n) is 21.9. The van der Waals surface area contributed by atoms with Gasteiger partial charge in [-0.2, -0.15) is 13.2 Å². The molecule has 6 N–H and O–H groups in total. The van der Waals surface area contributed by atoms with Crippen LogP contribution in [0.25, 0.3) is 10.9 Å². The number of aryl methyl sites for hydroxylation is 1. The van der Waals surface area contributed by atoms with Crippen molar-refractivity contribution in [2.45, 2.75) is 18.6 Å². The largest absolute Gasteiger partial charge is 0.500 e. The molecule has 9 nitrogen and oxygen atoms in total. The van der Waals surface area contributed by atoms with E-state index in [4.69, 9.17) is 16.3 Å². The molecule has 0 aliphatic carbocycles. The van der Waals surface area contributed by atoms with Gasteiger partial charge in [-0.1, -0.05) is 24.8 Å². The number of hydrazine groups is 1. The zero-order chi connectivity index (χ0) is 29.6. The number of alkyl halides is 3. The monoisotopic (exact) mass is 566 g/mol. The molecule has 0 aliphatic heterocycles. The molecule has 2 aromatic carbocycles. The van der Waals surface area contributed by atoms with Gasteiger partial charge >= 0.3 is 6.18 Å². The van der Waals surface area contributed by atoms with Crippen molar-refractivity contribution in [3.8, 4) is 0 Å². The van der Waals surface area contributed by atoms with E-state index in [9.17, 15) is 27.2 Å². The Morgan fingerprint density at radius 1 is 1.23 bits per heavy atom. The van der Waals surface area contributed by atoms with Gasteiger partial charge in [-0.3, -0.25) is 9.59 Å². The normalized spacial score (nSPS) is 12.6. The van der Waals surface area contributed by atoms with Gasteiger partial charge < -0.3 is 30.7 Å². The zero-order valence-corrected chi connectivity index (χ0v) is 21.9. The van der Waals surface area contributed by atoms with Crippen LogP contribution in [-0.4, -0.2) is 47.6 Å². The number of hydrogen-bond acceptors (Lipinski definition) is 6. The smallest absolute Gasteiger partial charge is 0.416 e. The second-order valence-electron chi connectivity index (χ2n) is 8.92. The number of halogens is 4. The molecule has 0 saturated carbocycles. The van der Waals surface area contributed by atoms with E-state index >= 15 is 0 Å². The fourth-order valence-electron chi connectivity index (χ4n) is 3.95. The van der Waals surface area contributed by atoms with E-state index in [-0.39, 0.29) is 27.7 Å². The third kappa shape index (κ3) is 7.32. The van der Waals surface area contributed by atoms with Crippen molar-refractivity contribution in [2.24, 2.45) is 18.6 Å². The van der Waals surface area contributed by atoms with Crippen LogP contribution in [0.3, 0.4) is 0 Å². The van der Waals surface area contributed by atoms with Crippen LogP contribution in [0.2, 0.25) is 0 Å². The molecule has 0 bridgehead atoms. The molecule has 1 aromatic heterocycles. The minimum Gasteiger partial charge on any atom is -0.500 e. The van der Waals surface area contributed by atoms with Crippen LogP contribution in [0.5, 0.6) is 0 Å². The van der Waals surface area contributed by atoms with Gasteiger partial charge in [-0.15, -0.1) is 0 Å². The van der Waals surface area contributed by atoms with E-state index in [0.717, 1.165) is 33.9 Å². The Kier molecular flexibility index (Phi) is 9.43. The van der Waals surface area contributed by atoms with Gasteiger partial charge in [0.15, 0.2) is 0 Å². The summed E-state index contributed by atoms with van der Waals surface area (Å²) in [4.78, 5) is 24.9. The topological polar surface area (TPSA) is 128 Å². The number of rotatable bonds is 11. The van der Waals surface area contributed by atoms with E-state index in [1.54, 1.807) is 0 Å². The average molecular weight is 567 g/mol. The molecule has 0 saturated heterocycles. The maximum atomic E-state index is 14.0. The highest BCUT2D eigenvalue weighted by Gasteiger charge is 2.31. The molecule has 3 aromatic rings. The average Bonchev–Trinajstić information content (AvgIpc) is 3.21. The summed E-state index contributed by atoms with van der Waals surface area (Å²) in [6.07, 6.45) is -3.22. The van der Waals surface area contributed by atoms with Crippen LogP contribution < -0.4 is 22.2 Å². The molecule has 0 unspecified atom stereocenters. The van der Waals surface area contributed by atoms with Gasteiger partial charge in [0, 0.05) is 40.3 Å². The van der Waals surface area contributed by atoms with Crippen molar-refractivity contribution >= 4 is 22.7 Å². The summed E-state index contributed by atoms with van der Waals surface area (Å²) >= 11 is 0. The van der Waals surface area contributed by atoms with Crippen molar-refractivity contribution < 1.29 is 34.7 Å². The number of hydrogen-bond donors (Lipinski definition) is 4. The number of amides is 2. The summed E-state index contributed by atoms with van der Waals surface area (Å²) < 4.78 is 59.3. The van der Waals surface area contributed by atoms with Gasteiger partial charge in [0.25, 0.3) is 11.8 Å². The quantitative estimate of drug-likeness (QED) is 0.0926. The molecular formula is C27H34F4N6O3. The number of para-hydroxylation sites is 1. The summed E-state index contributed by atoms with van der Waals surface area (Å²) in [5.41, 5.74) is 5.85. The molecule has 218 valence electrons. The Balaban J connectivity index is 0.00000441. The lowest BCUT2D eigenvalue weighted by Gasteiger charge is -2.21. The molecule has 40 heavy (non-hydrogen) atoms. The number of carbonyl (C=O) groups excluding carboxylic acids is 2. The van der Waals surface area contributed by atoms with E-state index in [1.807, 2.05) is 41.9 Å². The number of ether oxygens (including phenoxy) is 1. The predicted molar refractivity (Wildman–Crippen MR) is 146 cm³/mol. The molecule has 3 rings (SSSR count). The molecule has 2 amide bonds. The molecular weight excluding hydrogens is 532 g/mol. The molecule has 13 heteroatoms. The summed E-state index contributed by atoms with van der Waals surface area (Å²) in [5, 5.41) is 7.18. The van der Waals surface area contributed by atoms with Gasteiger partial charge in [-0.05, 0) is 35.7 Å². The van der Waals surface area contributed by atoms with Crippen LogP contribution in [0.4, 0.5) is 17.6 Å². The highest BCUT2D eigenvalue weighted by atomic mass is 19.4. The van der Waals surface area contributed by atoms with Crippen LogP contribution >= 0.6 is 0 Å². The molecule has 0 radical (unpaired) electrons. The van der Waals surface area contributed by atoms with Crippen molar-refractivity contribution in [2.75, 3.05) is 20.2 Å². The lowest BCUT2D eigenvalue weighted by atomic mass is 10.1. The first kappa shape index (κ1) is 30.0. The molecule has 1 heterocycles. The molecule has 0 fully saturated rings. The molecule has 0 spiro atoms. The van der Waals surface area contributed by atoms with Crippen LogP contribution in [0.1, 0.15) is 24.5 Å². The number of fused-ring (bicyclic) bond motifs is 1. The SMILES string of the molecule is C=C(OC)[C@H](Cc1cc2ccccc2n1C)NC(=O)/C(N)=C/N(N)CCNC(=O)c1ccc(C(F)(F)F)cc1F.[HH].[HH]. The first-order valence-corrected chi connectivity index (χ1v) is 12.0. The fraction of sp³-hybridized carbons (Fsp3) is 0.259. The number of methoxy groups -OCH3 is 1. The lowest BCUT2D eigenvalue weighted by Crippen LogP contribution is -2.42. The summed E-state index contributed by atoms with van der Waals surface area (Å²) in [5.74, 6) is 3.27. The van der Waals surface area contributed by atoms with Crippen molar-refractivity contribution in [1.29, 1.82) is 0 Å². The summed E-state index contributed by atoms with van der Waals surface area (Å²) in [7, 11) is 3.35. The summed E-state index contributed by atoms with van der Waals surface area (Å²) in [6.45, 7) is 3.70. The molecule has 1 atom stereocenters. The highest BCUT2D eigenvalue weighted by molar-refractivity contribution is 5.94. The van der Waals surface area contributed by atoms with Gasteiger partial charge in [-0.25, -0.2) is 10.2 Å².